The highest BCUT2D eigenvalue weighted by atomic mass is 16.5. The summed E-state index contributed by atoms with van der Waals surface area (Å²) in [6, 6.07) is 11.8. The maximum Gasteiger partial charge on any atom is 0.295 e. The lowest BCUT2D eigenvalue weighted by atomic mass is 9.93. The fourth-order valence-corrected chi connectivity index (χ4v) is 4.12. The molecule has 1 amide bonds. The number of benzene rings is 2. The van der Waals surface area contributed by atoms with Crippen molar-refractivity contribution in [1.82, 2.24) is 4.90 Å². The van der Waals surface area contributed by atoms with E-state index < -0.39 is 17.7 Å². The zero-order chi connectivity index (χ0) is 24.1. The SMILES string of the molecule is C=CCOc1cccc(C2/C(=C(\O)c3ccc(OC)c(C(C)C)c3)C(=O)C(=O)N2CCC)c1. The highest BCUT2D eigenvalue weighted by Crippen LogP contribution is 2.41. The Labute approximate surface area is 195 Å². The fourth-order valence-electron chi connectivity index (χ4n) is 4.12. The van der Waals surface area contributed by atoms with Crippen LogP contribution in [0.3, 0.4) is 0 Å². The molecule has 3 rings (SSSR count). The summed E-state index contributed by atoms with van der Waals surface area (Å²) in [5.74, 6) is -0.0510. The standard InChI is InChI=1S/C27H31NO5/c1-6-13-28-24(18-9-8-10-20(15-18)33-14-7-2)23(26(30)27(28)31)25(29)19-11-12-22(32-5)21(16-19)17(3)4/h7-12,15-17,24,29H,2,6,13-14H2,1,3-5H3/b25-23+. The second-order valence-electron chi connectivity index (χ2n) is 8.28. The molecule has 1 fully saturated rings. The van der Waals surface area contributed by atoms with Crippen molar-refractivity contribution in [3.63, 3.8) is 0 Å². The smallest absolute Gasteiger partial charge is 0.295 e. The van der Waals surface area contributed by atoms with Crippen LogP contribution in [0.4, 0.5) is 0 Å². The molecule has 1 atom stereocenters. The average Bonchev–Trinajstić information content (AvgIpc) is 3.07. The van der Waals surface area contributed by atoms with E-state index in [9.17, 15) is 14.7 Å². The highest BCUT2D eigenvalue weighted by molar-refractivity contribution is 6.46. The van der Waals surface area contributed by atoms with Crippen molar-refractivity contribution in [2.75, 3.05) is 20.3 Å². The second-order valence-corrected chi connectivity index (χ2v) is 8.28. The zero-order valence-corrected chi connectivity index (χ0v) is 19.6. The first-order valence-corrected chi connectivity index (χ1v) is 11.1. The Kier molecular flexibility index (Phi) is 7.59. The van der Waals surface area contributed by atoms with Gasteiger partial charge in [0.05, 0.1) is 18.7 Å². The van der Waals surface area contributed by atoms with Crippen molar-refractivity contribution in [1.29, 1.82) is 0 Å². The molecule has 0 saturated carbocycles. The minimum Gasteiger partial charge on any atom is -0.507 e. The molecule has 0 aromatic heterocycles. The molecule has 6 heteroatoms. The number of Topliss-reactive ketones (excluding diaryl/α,β-unsaturated/α-hetero) is 1. The molecule has 1 aliphatic rings. The largest absolute Gasteiger partial charge is 0.507 e. The number of hydrogen-bond donors (Lipinski definition) is 1. The Balaban J connectivity index is 2.18. The number of aliphatic hydroxyl groups excluding tert-OH is 1. The molecule has 0 spiro atoms. The van der Waals surface area contributed by atoms with Gasteiger partial charge in [-0.25, -0.2) is 0 Å². The first-order valence-electron chi connectivity index (χ1n) is 11.1. The lowest BCUT2D eigenvalue weighted by molar-refractivity contribution is -0.139. The topological polar surface area (TPSA) is 76.1 Å². The maximum atomic E-state index is 13.1. The van der Waals surface area contributed by atoms with Gasteiger partial charge in [-0.15, -0.1) is 0 Å². The summed E-state index contributed by atoms with van der Waals surface area (Å²) in [6.45, 7) is 10.4. The average molecular weight is 450 g/mol. The van der Waals surface area contributed by atoms with E-state index in [-0.39, 0.29) is 17.3 Å². The molecule has 6 nitrogen and oxygen atoms in total. The molecule has 1 saturated heterocycles. The summed E-state index contributed by atoms with van der Waals surface area (Å²) in [6.07, 6.45) is 2.32. The predicted molar refractivity (Wildman–Crippen MR) is 129 cm³/mol. The lowest BCUT2D eigenvalue weighted by Gasteiger charge is -2.25. The summed E-state index contributed by atoms with van der Waals surface area (Å²) >= 11 is 0. The number of hydrogen-bond acceptors (Lipinski definition) is 5. The van der Waals surface area contributed by atoms with E-state index in [1.54, 1.807) is 37.5 Å². The van der Waals surface area contributed by atoms with Gasteiger partial charge in [0.25, 0.3) is 11.7 Å². The third-order valence-corrected chi connectivity index (χ3v) is 5.67. The van der Waals surface area contributed by atoms with E-state index in [4.69, 9.17) is 9.47 Å². The van der Waals surface area contributed by atoms with Crippen LogP contribution < -0.4 is 9.47 Å². The molecule has 0 aliphatic carbocycles. The number of amides is 1. The van der Waals surface area contributed by atoms with Crippen LogP contribution in [0.25, 0.3) is 5.76 Å². The van der Waals surface area contributed by atoms with E-state index in [0.717, 1.165) is 5.56 Å². The minimum absolute atomic E-state index is 0.0780. The number of aliphatic hydroxyl groups is 1. The number of ketones is 1. The third kappa shape index (κ3) is 4.80. The number of carbonyl (C=O) groups excluding carboxylic acids is 2. The monoisotopic (exact) mass is 449 g/mol. The normalized spacial score (nSPS) is 17.5. The van der Waals surface area contributed by atoms with Gasteiger partial charge < -0.3 is 19.5 Å². The van der Waals surface area contributed by atoms with Crippen LogP contribution in [-0.2, 0) is 9.59 Å². The predicted octanol–water partition coefficient (Wildman–Crippen LogP) is 5.22. The number of carbonyl (C=O) groups is 2. The zero-order valence-electron chi connectivity index (χ0n) is 19.6. The van der Waals surface area contributed by atoms with Crippen molar-refractivity contribution in [2.45, 2.75) is 39.2 Å². The van der Waals surface area contributed by atoms with E-state index >= 15 is 0 Å². The van der Waals surface area contributed by atoms with Crippen LogP contribution in [0.2, 0.25) is 0 Å². The summed E-state index contributed by atoms with van der Waals surface area (Å²) < 4.78 is 11.1. The third-order valence-electron chi connectivity index (χ3n) is 5.67. The van der Waals surface area contributed by atoms with E-state index in [2.05, 4.69) is 6.58 Å². The summed E-state index contributed by atoms with van der Waals surface area (Å²) in [5, 5.41) is 11.3. The molecule has 1 N–H and O–H groups in total. The Morgan fingerprint density at radius 3 is 2.61 bits per heavy atom. The first-order chi connectivity index (χ1) is 15.8. The Bertz CT molecular complexity index is 1090. The van der Waals surface area contributed by atoms with Crippen molar-refractivity contribution >= 4 is 17.4 Å². The number of likely N-dealkylation sites (tertiary alicyclic amines) is 1. The molecule has 1 unspecified atom stereocenters. The van der Waals surface area contributed by atoms with Gasteiger partial charge in [0, 0.05) is 12.1 Å². The molecule has 0 radical (unpaired) electrons. The van der Waals surface area contributed by atoms with Gasteiger partial charge in [-0.05, 0) is 53.8 Å². The Hall–Kier alpha value is -3.54. The number of nitrogens with zero attached hydrogens (tertiary/aromatic N) is 1. The summed E-state index contributed by atoms with van der Waals surface area (Å²) in [5.41, 5.74) is 2.15. The van der Waals surface area contributed by atoms with Crippen LogP contribution in [0.1, 0.15) is 55.8 Å². The van der Waals surface area contributed by atoms with Crippen LogP contribution in [-0.4, -0.2) is 42.0 Å². The van der Waals surface area contributed by atoms with Crippen molar-refractivity contribution in [3.8, 4) is 11.5 Å². The lowest BCUT2D eigenvalue weighted by Crippen LogP contribution is -2.30. The summed E-state index contributed by atoms with van der Waals surface area (Å²) in [7, 11) is 1.60. The van der Waals surface area contributed by atoms with Gasteiger partial charge in [0.2, 0.25) is 0 Å². The van der Waals surface area contributed by atoms with Gasteiger partial charge in [-0.1, -0.05) is 45.6 Å². The van der Waals surface area contributed by atoms with Crippen molar-refractivity contribution < 1.29 is 24.2 Å². The first kappa shape index (κ1) is 24.1. The van der Waals surface area contributed by atoms with Crippen molar-refractivity contribution in [2.24, 2.45) is 0 Å². The number of ether oxygens (including phenoxy) is 2. The highest BCUT2D eigenvalue weighted by Gasteiger charge is 2.45. The molecule has 1 aliphatic heterocycles. The minimum atomic E-state index is -0.707. The molecule has 2 aromatic rings. The molecule has 0 bridgehead atoms. The van der Waals surface area contributed by atoms with Crippen LogP contribution in [0.5, 0.6) is 11.5 Å². The second kappa shape index (κ2) is 10.4. The van der Waals surface area contributed by atoms with Crippen molar-refractivity contribution in [3.05, 3.63) is 77.4 Å². The van der Waals surface area contributed by atoms with Crippen LogP contribution in [0.15, 0.2) is 60.7 Å². The van der Waals surface area contributed by atoms with E-state index in [1.807, 2.05) is 39.0 Å². The molecule has 174 valence electrons. The fraction of sp³-hybridized carbons (Fsp3) is 0.333. The maximum absolute atomic E-state index is 13.1. The summed E-state index contributed by atoms with van der Waals surface area (Å²) in [4.78, 5) is 27.6. The van der Waals surface area contributed by atoms with Crippen LogP contribution in [0, 0.1) is 0 Å². The quantitative estimate of drug-likeness (QED) is 0.246. The molecule has 2 aromatic carbocycles. The van der Waals surface area contributed by atoms with Gasteiger partial charge in [-0.2, -0.15) is 0 Å². The molecule has 1 heterocycles. The van der Waals surface area contributed by atoms with Gasteiger partial charge in [-0.3, -0.25) is 9.59 Å². The van der Waals surface area contributed by atoms with Gasteiger partial charge in [0.1, 0.15) is 23.9 Å². The van der Waals surface area contributed by atoms with Gasteiger partial charge in [0.15, 0.2) is 0 Å². The van der Waals surface area contributed by atoms with Crippen LogP contribution >= 0.6 is 0 Å². The molecular weight excluding hydrogens is 418 g/mol. The Morgan fingerprint density at radius 1 is 1.21 bits per heavy atom. The number of methoxy groups -OCH3 is 1. The van der Waals surface area contributed by atoms with E-state index in [1.165, 1.54) is 4.90 Å². The van der Waals surface area contributed by atoms with Gasteiger partial charge >= 0.3 is 0 Å². The number of rotatable bonds is 9. The Morgan fingerprint density at radius 2 is 1.97 bits per heavy atom. The van der Waals surface area contributed by atoms with E-state index in [0.29, 0.717) is 42.2 Å². The molecule has 33 heavy (non-hydrogen) atoms. The molecular formula is C27H31NO5.